The van der Waals surface area contributed by atoms with Gasteiger partial charge in [0.2, 0.25) is 5.88 Å². The van der Waals surface area contributed by atoms with Gasteiger partial charge in [-0.3, -0.25) is 0 Å². The lowest BCUT2D eigenvalue weighted by atomic mass is 10.1. The number of aryl methyl sites for hydroxylation is 1. The highest BCUT2D eigenvalue weighted by atomic mass is 16.5. The molecular weight excluding hydrogens is 276 g/mol. The lowest BCUT2D eigenvalue weighted by molar-refractivity contribution is 0.267. The van der Waals surface area contributed by atoms with Crippen LogP contribution in [-0.2, 0) is 0 Å². The molecule has 0 saturated heterocycles. The Morgan fingerprint density at radius 2 is 2.00 bits per heavy atom. The van der Waals surface area contributed by atoms with Crippen LogP contribution in [0.2, 0.25) is 0 Å². The first-order valence-corrected chi connectivity index (χ1v) is 7.35. The van der Waals surface area contributed by atoms with Crippen LogP contribution in [0.5, 0.6) is 5.88 Å². The average Bonchev–Trinajstić information content (AvgIpc) is 3.21. The predicted molar refractivity (Wildman–Crippen MR) is 84.1 cm³/mol. The molecule has 22 heavy (non-hydrogen) atoms. The summed E-state index contributed by atoms with van der Waals surface area (Å²) in [6.07, 6.45) is 7.52. The Kier molecular flexibility index (Phi) is 3.92. The number of nitrogens with zero attached hydrogens (tertiary/aromatic N) is 4. The Labute approximate surface area is 130 Å². The van der Waals surface area contributed by atoms with Gasteiger partial charge in [0.05, 0.1) is 18.0 Å². The molecule has 1 aromatic carbocycles. The van der Waals surface area contributed by atoms with Gasteiger partial charge in [0.1, 0.15) is 0 Å². The smallest absolute Gasteiger partial charge is 0.216 e. The van der Waals surface area contributed by atoms with E-state index in [-0.39, 0.29) is 5.66 Å². The van der Waals surface area contributed by atoms with Gasteiger partial charge in [-0.1, -0.05) is 18.2 Å². The molecule has 0 atom stereocenters. The summed E-state index contributed by atoms with van der Waals surface area (Å²) >= 11 is 0. The van der Waals surface area contributed by atoms with Gasteiger partial charge in [-0.15, -0.1) is 12.3 Å². The van der Waals surface area contributed by atoms with Gasteiger partial charge in [0, 0.05) is 25.3 Å². The number of hydrogen-bond acceptors (Lipinski definition) is 4. The summed E-state index contributed by atoms with van der Waals surface area (Å²) in [4.78, 5) is 0. The van der Waals surface area contributed by atoms with Crippen molar-refractivity contribution < 1.29 is 4.74 Å². The number of hydrogen-bond donors (Lipinski definition) is 0. The summed E-state index contributed by atoms with van der Waals surface area (Å²) < 4.78 is 7.71. The minimum absolute atomic E-state index is 0.307. The van der Waals surface area contributed by atoms with Crippen molar-refractivity contribution >= 4 is 0 Å². The molecule has 0 amide bonds. The fourth-order valence-electron chi connectivity index (χ4n) is 2.32. The normalized spacial score (nSPS) is 14.5. The second-order valence-corrected chi connectivity index (χ2v) is 5.36. The van der Waals surface area contributed by atoms with Gasteiger partial charge in [0.15, 0.2) is 5.66 Å². The summed E-state index contributed by atoms with van der Waals surface area (Å²) in [7, 11) is 0. The maximum Gasteiger partial charge on any atom is 0.216 e. The van der Waals surface area contributed by atoms with Crippen molar-refractivity contribution in [1.29, 1.82) is 0 Å². The van der Waals surface area contributed by atoms with Crippen molar-refractivity contribution in [2.24, 2.45) is 10.2 Å². The standard InChI is InChI=1S/C17H18N4O/c1-3-4-10-17(19-20-17)11-12-22-16-13-14(2)18-21(16)15-8-6-5-7-9-15/h1,5-9,13H,4,10-12H2,2H3. The Hall–Kier alpha value is -2.61. The quantitative estimate of drug-likeness (QED) is 0.734. The van der Waals surface area contributed by atoms with Crippen LogP contribution in [-0.4, -0.2) is 22.1 Å². The zero-order valence-electron chi connectivity index (χ0n) is 12.6. The van der Waals surface area contributed by atoms with E-state index in [1.54, 1.807) is 0 Å². The highest BCUT2D eigenvalue weighted by molar-refractivity contribution is 5.35. The van der Waals surface area contributed by atoms with E-state index in [0.717, 1.165) is 30.1 Å². The topological polar surface area (TPSA) is 51.8 Å². The number of benzene rings is 1. The molecule has 1 aliphatic heterocycles. The summed E-state index contributed by atoms with van der Waals surface area (Å²) in [5.74, 6) is 3.36. The molecule has 0 fully saturated rings. The third-order valence-corrected chi connectivity index (χ3v) is 3.60. The molecule has 5 heteroatoms. The van der Waals surface area contributed by atoms with E-state index in [0.29, 0.717) is 13.0 Å². The van der Waals surface area contributed by atoms with Crippen LogP contribution in [0.3, 0.4) is 0 Å². The molecule has 0 aliphatic carbocycles. The van der Waals surface area contributed by atoms with E-state index < -0.39 is 0 Å². The molecule has 0 N–H and O–H groups in total. The van der Waals surface area contributed by atoms with Crippen LogP contribution in [0.4, 0.5) is 0 Å². The Balaban J connectivity index is 1.63. The zero-order chi connectivity index (χ0) is 15.4. The largest absolute Gasteiger partial charge is 0.477 e. The maximum absolute atomic E-state index is 5.90. The molecule has 0 radical (unpaired) electrons. The van der Waals surface area contributed by atoms with Crippen LogP contribution >= 0.6 is 0 Å². The number of rotatable bonds is 7. The third kappa shape index (κ3) is 3.17. The molecule has 112 valence electrons. The van der Waals surface area contributed by atoms with Crippen molar-refractivity contribution in [3.8, 4) is 23.9 Å². The summed E-state index contributed by atoms with van der Waals surface area (Å²) in [6, 6.07) is 11.9. The van der Waals surface area contributed by atoms with Crippen molar-refractivity contribution in [2.75, 3.05) is 6.61 Å². The van der Waals surface area contributed by atoms with Crippen molar-refractivity contribution in [3.05, 3.63) is 42.1 Å². The number of terminal acetylenes is 1. The maximum atomic E-state index is 5.90. The van der Waals surface area contributed by atoms with Gasteiger partial charge >= 0.3 is 0 Å². The first kappa shape index (κ1) is 14.3. The van der Waals surface area contributed by atoms with E-state index >= 15 is 0 Å². The summed E-state index contributed by atoms with van der Waals surface area (Å²) in [5, 5.41) is 12.7. The molecule has 1 aromatic heterocycles. The van der Waals surface area contributed by atoms with Crippen LogP contribution < -0.4 is 4.74 Å². The Bertz CT molecular complexity index is 706. The number of ether oxygens (including phenoxy) is 1. The first-order valence-electron chi connectivity index (χ1n) is 7.35. The zero-order valence-corrected chi connectivity index (χ0v) is 12.6. The lowest BCUT2D eigenvalue weighted by Gasteiger charge is -2.11. The van der Waals surface area contributed by atoms with Gasteiger partial charge in [-0.25, -0.2) is 4.68 Å². The van der Waals surface area contributed by atoms with E-state index in [4.69, 9.17) is 11.2 Å². The summed E-state index contributed by atoms with van der Waals surface area (Å²) in [6.45, 7) is 2.49. The first-order chi connectivity index (χ1) is 10.7. The van der Waals surface area contributed by atoms with Crippen LogP contribution in [0, 0.1) is 19.3 Å². The van der Waals surface area contributed by atoms with Gasteiger partial charge in [-0.2, -0.15) is 15.3 Å². The molecular formula is C17H18N4O. The monoisotopic (exact) mass is 294 g/mol. The SMILES string of the molecule is C#CCCC1(CCOc2cc(C)nn2-c2ccccc2)N=N1. The Morgan fingerprint density at radius 3 is 2.68 bits per heavy atom. The van der Waals surface area contributed by atoms with Crippen LogP contribution in [0.25, 0.3) is 5.69 Å². The van der Waals surface area contributed by atoms with Crippen molar-refractivity contribution in [1.82, 2.24) is 9.78 Å². The molecule has 0 spiro atoms. The third-order valence-electron chi connectivity index (χ3n) is 3.60. The van der Waals surface area contributed by atoms with E-state index in [1.807, 2.05) is 48.0 Å². The average molecular weight is 294 g/mol. The number of aromatic nitrogens is 2. The minimum atomic E-state index is -0.307. The van der Waals surface area contributed by atoms with Crippen LogP contribution in [0.1, 0.15) is 25.0 Å². The lowest BCUT2D eigenvalue weighted by Crippen LogP contribution is -2.16. The number of para-hydroxylation sites is 1. The molecule has 0 bridgehead atoms. The molecule has 0 unspecified atom stereocenters. The van der Waals surface area contributed by atoms with Gasteiger partial charge in [0.25, 0.3) is 0 Å². The minimum Gasteiger partial charge on any atom is -0.477 e. The van der Waals surface area contributed by atoms with Crippen LogP contribution in [0.15, 0.2) is 46.6 Å². The molecule has 5 nitrogen and oxygen atoms in total. The fourth-order valence-corrected chi connectivity index (χ4v) is 2.32. The van der Waals surface area contributed by atoms with E-state index in [2.05, 4.69) is 21.2 Å². The second-order valence-electron chi connectivity index (χ2n) is 5.36. The molecule has 0 saturated carbocycles. The molecule has 3 rings (SSSR count). The molecule has 2 heterocycles. The van der Waals surface area contributed by atoms with E-state index in [9.17, 15) is 0 Å². The van der Waals surface area contributed by atoms with Gasteiger partial charge < -0.3 is 4.74 Å². The Morgan fingerprint density at radius 1 is 1.23 bits per heavy atom. The van der Waals surface area contributed by atoms with Gasteiger partial charge in [-0.05, 0) is 19.1 Å². The summed E-state index contributed by atoms with van der Waals surface area (Å²) in [5.41, 5.74) is 1.59. The highest BCUT2D eigenvalue weighted by Crippen LogP contribution is 2.36. The second kappa shape index (κ2) is 6.02. The molecule has 2 aromatic rings. The molecule has 1 aliphatic rings. The fraction of sp³-hybridized carbons (Fsp3) is 0.353. The van der Waals surface area contributed by atoms with Crippen molar-refractivity contribution in [3.63, 3.8) is 0 Å². The highest BCUT2D eigenvalue weighted by Gasteiger charge is 2.39. The predicted octanol–water partition coefficient (Wildman–Crippen LogP) is 3.53. The van der Waals surface area contributed by atoms with E-state index in [1.165, 1.54) is 0 Å². The van der Waals surface area contributed by atoms with Crippen molar-refractivity contribution in [2.45, 2.75) is 31.8 Å².